The first-order chi connectivity index (χ1) is 17.2. The van der Waals surface area contributed by atoms with Gasteiger partial charge in [-0.3, -0.25) is 13.7 Å². The van der Waals surface area contributed by atoms with Crippen LogP contribution in [0.1, 0.15) is 17.2 Å². The van der Waals surface area contributed by atoms with Gasteiger partial charge in [0.05, 0.1) is 34.7 Å². The third kappa shape index (κ3) is 3.02. The molecule has 0 unspecified atom stereocenters. The molecule has 8 nitrogen and oxygen atoms in total. The molecule has 1 fully saturated rings. The number of nitriles is 1. The van der Waals surface area contributed by atoms with Crippen LogP contribution in [0.5, 0.6) is 0 Å². The zero-order chi connectivity index (χ0) is 23.5. The van der Waals surface area contributed by atoms with Gasteiger partial charge in [-0.25, -0.2) is 9.78 Å². The average Bonchev–Trinajstić information content (AvgIpc) is 3.56. The molecule has 0 aliphatic carbocycles. The van der Waals surface area contributed by atoms with Gasteiger partial charge in [0.15, 0.2) is 5.82 Å². The van der Waals surface area contributed by atoms with Gasteiger partial charge in [0.2, 0.25) is 0 Å². The standard InChI is InChI=1S/C27H21N7O/c28-13-18-1-3-19(4-2-18)20-12-25-26-30-7-8-34(26)24-6-5-22(11-21(24)17-31(25)16-20)32-9-10-33(27(32)35)23-14-29-15-23/h1-12,16,23,29H,14-15,17H2. The lowest BCUT2D eigenvalue weighted by atomic mass is 10.1. The maximum atomic E-state index is 13.1. The molecule has 2 aliphatic rings. The van der Waals surface area contributed by atoms with Gasteiger partial charge < -0.3 is 9.88 Å². The second kappa shape index (κ2) is 7.45. The van der Waals surface area contributed by atoms with Gasteiger partial charge >= 0.3 is 5.69 Å². The van der Waals surface area contributed by atoms with Gasteiger partial charge in [-0.1, -0.05) is 12.1 Å². The van der Waals surface area contributed by atoms with Crippen LogP contribution in [0, 0.1) is 11.3 Å². The number of nitrogens with zero attached hydrogens (tertiary/aromatic N) is 6. The van der Waals surface area contributed by atoms with Gasteiger partial charge in [-0.15, -0.1) is 0 Å². The summed E-state index contributed by atoms with van der Waals surface area (Å²) in [6.45, 7) is 2.31. The van der Waals surface area contributed by atoms with Crippen LogP contribution in [0.15, 0.2) is 84.3 Å². The van der Waals surface area contributed by atoms with Crippen LogP contribution in [0.4, 0.5) is 0 Å². The second-order valence-electron chi connectivity index (χ2n) is 9.04. The van der Waals surface area contributed by atoms with E-state index in [2.05, 4.69) is 49.9 Å². The van der Waals surface area contributed by atoms with Crippen LogP contribution in [0.3, 0.4) is 0 Å². The fourth-order valence-corrected chi connectivity index (χ4v) is 5.01. The summed E-state index contributed by atoms with van der Waals surface area (Å²) in [4.78, 5) is 17.7. The van der Waals surface area contributed by atoms with Crippen molar-refractivity contribution in [1.82, 2.24) is 28.6 Å². The van der Waals surface area contributed by atoms with Crippen LogP contribution < -0.4 is 11.0 Å². The highest BCUT2D eigenvalue weighted by Gasteiger charge is 2.24. The molecule has 0 amide bonds. The van der Waals surface area contributed by atoms with Gasteiger partial charge in [0, 0.05) is 56.2 Å². The maximum absolute atomic E-state index is 13.1. The quantitative estimate of drug-likeness (QED) is 0.440. The zero-order valence-corrected chi connectivity index (χ0v) is 18.8. The third-order valence-electron chi connectivity index (χ3n) is 7.01. The van der Waals surface area contributed by atoms with E-state index in [1.54, 1.807) is 4.57 Å². The Balaban J connectivity index is 1.32. The predicted molar refractivity (Wildman–Crippen MR) is 132 cm³/mol. The topological polar surface area (TPSA) is 85.5 Å². The van der Waals surface area contributed by atoms with Crippen LogP contribution in [0.2, 0.25) is 0 Å². The fraction of sp³-hybridized carbons (Fsp3) is 0.148. The smallest absolute Gasteiger partial charge is 0.333 e. The molecule has 2 aliphatic heterocycles. The van der Waals surface area contributed by atoms with Crippen molar-refractivity contribution in [2.45, 2.75) is 12.6 Å². The highest BCUT2D eigenvalue weighted by atomic mass is 16.1. The van der Waals surface area contributed by atoms with Gasteiger partial charge in [0.25, 0.3) is 0 Å². The maximum Gasteiger partial charge on any atom is 0.333 e. The minimum Gasteiger partial charge on any atom is -0.340 e. The Labute approximate surface area is 200 Å². The molecule has 0 radical (unpaired) electrons. The largest absolute Gasteiger partial charge is 0.340 e. The first kappa shape index (κ1) is 19.8. The number of fused-ring (bicyclic) bond motifs is 5. The third-order valence-corrected chi connectivity index (χ3v) is 7.01. The highest BCUT2D eigenvalue weighted by Crippen LogP contribution is 2.34. The van der Waals surface area contributed by atoms with Crippen molar-refractivity contribution < 1.29 is 0 Å². The Hall–Kier alpha value is -4.61. The van der Waals surface area contributed by atoms with E-state index in [1.165, 1.54) is 0 Å². The van der Waals surface area contributed by atoms with Gasteiger partial charge in [-0.05, 0) is 47.5 Å². The summed E-state index contributed by atoms with van der Waals surface area (Å²) >= 11 is 0. The molecule has 1 N–H and O–H groups in total. The number of nitrogens with one attached hydrogen (secondary N) is 1. The molecule has 2 aromatic carbocycles. The lowest BCUT2D eigenvalue weighted by Gasteiger charge is -2.27. The summed E-state index contributed by atoms with van der Waals surface area (Å²) in [5, 5.41) is 12.3. The summed E-state index contributed by atoms with van der Waals surface area (Å²) in [5.74, 6) is 0.872. The Bertz CT molecular complexity index is 1690. The molecule has 5 aromatic rings. The first-order valence-corrected chi connectivity index (χ1v) is 11.6. The molecule has 0 spiro atoms. The molecule has 0 bridgehead atoms. The van der Waals surface area contributed by atoms with Gasteiger partial charge in [-0.2, -0.15) is 5.26 Å². The van der Waals surface area contributed by atoms with Crippen LogP contribution in [-0.4, -0.2) is 36.3 Å². The van der Waals surface area contributed by atoms with E-state index in [-0.39, 0.29) is 11.7 Å². The van der Waals surface area contributed by atoms with E-state index in [9.17, 15) is 4.79 Å². The Kier molecular flexibility index (Phi) is 4.22. The first-order valence-electron chi connectivity index (χ1n) is 11.6. The monoisotopic (exact) mass is 459 g/mol. The summed E-state index contributed by atoms with van der Waals surface area (Å²) in [6.07, 6.45) is 9.65. The van der Waals surface area contributed by atoms with Crippen LogP contribution in [-0.2, 0) is 6.54 Å². The SMILES string of the molecule is N#Cc1ccc(-c2cc3n(c2)Cc2cc(-n4ccn(C5CNC5)c4=O)ccc2-n2ccnc2-3)cc1. The van der Waals surface area contributed by atoms with Crippen molar-refractivity contribution in [2.24, 2.45) is 0 Å². The van der Waals surface area contributed by atoms with Crippen molar-refractivity contribution in [2.75, 3.05) is 13.1 Å². The van der Waals surface area contributed by atoms with E-state index in [0.29, 0.717) is 12.1 Å². The van der Waals surface area contributed by atoms with Crippen molar-refractivity contribution in [3.63, 3.8) is 0 Å². The molecule has 0 atom stereocenters. The minimum absolute atomic E-state index is 0.0156. The van der Waals surface area contributed by atoms with E-state index in [4.69, 9.17) is 5.26 Å². The molecule has 1 saturated heterocycles. The summed E-state index contributed by atoms with van der Waals surface area (Å²) in [7, 11) is 0. The molecule has 3 aromatic heterocycles. The molecule has 170 valence electrons. The molecule has 8 heteroatoms. The van der Waals surface area contributed by atoms with Crippen molar-refractivity contribution >= 4 is 0 Å². The number of aromatic nitrogens is 5. The highest BCUT2D eigenvalue weighted by molar-refractivity contribution is 5.72. The van der Waals surface area contributed by atoms with E-state index in [0.717, 1.165) is 52.7 Å². The van der Waals surface area contributed by atoms with E-state index < -0.39 is 0 Å². The lowest BCUT2D eigenvalue weighted by molar-refractivity contribution is 0.335. The molecule has 0 saturated carbocycles. The van der Waals surface area contributed by atoms with Gasteiger partial charge in [0.1, 0.15) is 0 Å². The predicted octanol–water partition coefficient (Wildman–Crippen LogP) is 3.34. The molecule has 5 heterocycles. The van der Waals surface area contributed by atoms with E-state index in [1.807, 2.05) is 59.7 Å². The number of benzene rings is 2. The van der Waals surface area contributed by atoms with E-state index >= 15 is 0 Å². The minimum atomic E-state index is -0.0156. The van der Waals surface area contributed by atoms with Crippen molar-refractivity contribution in [1.29, 1.82) is 5.26 Å². The van der Waals surface area contributed by atoms with Crippen LogP contribution in [0.25, 0.3) is 34.0 Å². The average molecular weight is 460 g/mol. The molecular formula is C27H21N7O. The fourth-order valence-electron chi connectivity index (χ4n) is 5.01. The normalized spacial score (nSPS) is 14.4. The van der Waals surface area contributed by atoms with Crippen molar-refractivity contribution in [3.8, 4) is 40.1 Å². The molecule has 7 rings (SSSR count). The summed E-state index contributed by atoms with van der Waals surface area (Å²) in [6, 6.07) is 18.3. The zero-order valence-electron chi connectivity index (χ0n) is 18.8. The number of rotatable bonds is 3. The summed E-state index contributed by atoms with van der Waals surface area (Å²) in [5.41, 5.74) is 6.78. The second-order valence-corrected chi connectivity index (χ2v) is 9.04. The van der Waals surface area contributed by atoms with Crippen LogP contribution >= 0.6 is 0 Å². The van der Waals surface area contributed by atoms with Crippen molar-refractivity contribution in [3.05, 3.63) is 101 Å². The Morgan fingerprint density at radius 3 is 2.60 bits per heavy atom. The lowest BCUT2D eigenvalue weighted by Crippen LogP contribution is -2.46. The molecular weight excluding hydrogens is 438 g/mol. The number of imidazole rings is 2. The summed E-state index contributed by atoms with van der Waals surface area (Å²) < 4.78 is 7.84. The number of hydrogen-bond acceptors (Lipinski definition) is 4. The Morgan fingerprint density at radius 1 is 0.971 bits per heavy atom. The molecule has 35 heavy (non-hydrogen) atoms. The number of hydrogen-bond donors (Lipinski definition) is 1. The Morgan fingerprint density at radius 2 is 1.83 bits per heavy atom.